The van der Waals surface area contributed by atoms with Crippen LogP contribution in [-0.4, -0.2) is 54.1 Å². The Morgan fingerprint density at radius 1 is 1.44 bits per heavy atom. The van der Waals surface area contributed by atoms with E-state index in [1.807, 2.05) is 6.07 Å². The summed E-state index contributed by atoms with van der Waals surface area (Å²) in [6.45, 7) is 6.34. The van der Waals surface area contributed by atoms with Crippen molar-refractivity contribution in [3.63, 3.8) is 0 Å². The van der Waals surface area contributed by atoms with Gasteiger partial charge in [0.05, 0.1) is 0 Å². The van der Waals surface area contributed by atoms with E-state index in [4.69, 9.17) is 5.26 Å². The number of nitrogens with zero attached hydrogens (tertiary/aromatic N) is 4. The van der Waals surface area contributed by atoms with E-state index in [0.717, 1.165) is 45.7 Å². The van der Waals surface area contributed by atoms with Crippen molar-refractivity contribution >= 4 is 5.95 Å². The fourth-order valence-corrected chi connectivity index (χ4v) is 1.94. The van der Waals surface area contributed by atoms with Crippen molar-refractivity contribution < 1.29 is 0 Å². The summed E-state index contributed by atoms with van der Waals surface area (Å²) in [6.07, 6.45) is 2.66. The molecule has 6 nitrogen and oxygen atoms in total. The highest BCUT2D eigenvalue weighted by Gasteiger charge is 2.08. The number of hydrogen-bond donors (Lipinski definition) is 2. The Morgan fingerprint density at radius 3 is 3.06 bits per heavy atom. The van der Waals surface area contributed by atoms with Crippen LogP contribution in [0.5, 0.6) is 0 Å². The van der Waals surface area contributed by atoms with Gasteiger partial charge in [-0.25, -0.2) is 9.97 Å². The fourth-order valence-electron chi connectivity index (χ4n) is 1.94. The van der Waals surface area contributed by atoms with Crippen LogP contribution >= 0.6 is 0 Å². The molecule has 1 aliphatic heterocycles. The minimum atomic E-state index is 0.398. The predicted molar refractivity (Wildman–Crippen MR) is 69.2 cm³/mol. The summed E-state index contributed by atoms with van der Waals surface area (Å²) in [6, 6.07) is 3.61. The van der Waals surface area contributed by atoms with Gasteiger partial charge >= 0.3 is 0 Å². The Labute approximate surface area is 107 Å². The Bertz CT molecular complexity index is 407. The summed E-state index contributed by atoms with van der Waals surface area (Å²) < 4.78 is 0. The zero-order valence-electron chi connectivity index (χ0n) is 10.4. The maximum atomic E-state index is 8.72. The molecule has 0 aromatic carbocycles. The molecule has 0 amide bonds. The second-order valence-corrected chi connectivity index (χ2v) is 4.25. The number of anilines is 1. The summed E-state index contributed by atoms with van der Waals surface area (Å²) in [4.78, 5) is 10.6. The van der Waals surface area contributed by atoms with Crippen molar-refractivity contribution in [2.75, 3.05) is 44.6 Å². The lowest BCUT2D eigenvalue weighted by atomic mass is 10.3. The standard InChI is InChI=1S/C12H18N6/c13-10-11-2-4-16-12(17-11)15-3-1-7-18-8-5-14-6-9-18/h2,4,14H,1,3,5-9H2,(H,15,16,17). The summed E-state index contributed by atoms with van der Waals surface area (Å²) >= 11 is 0. The lowest BCUT2D eigenvalue weighted by molar-refractivity contribution is 0.240. The molecule has 0 radical (unpaired) electrons. The normalized spacial score (nSPS) is 16.2. The van der Waals surface area contributed by atoms with Gasteiger partial charge in [0.15, 0.2) is 0 Å². The molecule has 0 atom stereocenters. The molecule has 0 bridgehead atoms. The Balaban J connectivity index is 1.67. The van der Waals surface area contributed by atoms with Gasteiger partial charge in [0.1, 0.15) is 11.8 Å². The van der Waals surface area contributed by atoms with Crippen LogP contribution in [0.25, 0.3) is 0 Å². The van der Waals surface area contributed by atoms with Crippen molar-refractivity contribution in [2.24, 2.45) is 0 Å². The Hall–Kier alpha value is -1.71. The lowest BCUT2D eigenvalue weighted by Crippen LogP contribution is -2.44. The number of rotatable bonds is 5. The molecule has 0 saturated carbocycles. The number of aromatic nitrogens is 2. The highest BCUT2D eigenvalue weighted by Crippen LogP contribution is 2.00. The minimum Gasteiger partial charge on any atom is -0.354 e. The van der Waals surface area contributed by atoms with Gasteiger partial charge in [-0.15, -0.1) is 0 Å². The zero-order chi connectivity index (χ0) is 12.6. The monoisotopic (exact) mass is 246 g/mol. The first-order valence-electron chi connectivity index (χ1n) is 6.28. The third kappa shape index (κ3) is 3.95. The molecule has 1 fully saturated rings. The average molecular weight is 246 g/mol. The van der Waals surface area contributed by atoms with Crippen LogP contribution in [0.1, 0.15) is 12.1 Å². The van der Waals surface area contributed by atoms with Crippen LogP contribution in [-0.2, 0) is 0 Å². The van der Waals surface area contributed by atoms with E-state index in [1.54, 1.807) is 12.3 Å². The molecule has 96 valence electrons. The fraction of sp³-hybridized carbons (Fsp3) is 0.583. The number of nitrogens with one attached hydrogen (secondary N) is 2. The van der Waals surface area contributed by atoms with Crippen LogP contribution in [0.2, 0.25) is 0 Å². The van der Waals surface area contributed by atoms with Gasteiger partial charge in [-0.1, -0.05) is 0 Å². The van der Waals surface area contributed by atoms with Gasteiger partial charge in [0.2, 0.25) is 5.95 Å². The van der Waals surface area contributed by atoms with Crippen molar-refractivity contribution in [3.05, 3.63) is 18.0 Å². The van der Waals surface area contributed by atoms with Crippen LogP contribution in [0, 0.1) is 11.3 Å². The third-order valence-corrected chi connectivity index (χ3v) is 2.91. The molecule has 0 aliphatic carbocycles. The van der Waals surface area contributed by atoms with E-state index < -0.39 is 0 Å². The first kappa shape index (κ1) is 12.7. The quantitative estimate of drug-likeness (QED) is 0.715. The molecule has 1 aromatic rings. The molecule has 2 rings (SSSR count). The van der Waals surface area contributed by atoms with Crippen molar-refractivity contribution in [1.82, 2.24) is 20.2 Å². The van der Waals surface area contributed by atoms with Gasteiger partial charge in [-0.3, -0.25) is 0 Å². The molecule has 0 spiro atoms. The van der Waals surface area contributed by atoms with E-state index in [9.17, 15) is 0 Å². The maximum absolute atomic E-state index is 8.72. The van der Waals surface area contributed by atoms with Crippen molar-refractivity contribution in [1.29, 1.82) is 5.26 Å². The molecule has 18 heavy (non-hydrogen) atoms. The molecule has 2 heterocycles. The molecule has 2 N–H and O–H groups in total. The van der Waals surface area contributed by atoms with Crippen LogP contribution in [0.4, 0.5) is 5.95 Å². The van der Waals surface area contributed by atoms with Gasteiger partial charge < -0.3 is 15.5 Å². The van der Waals surface area contributed by atoms with Crippen molar-refractivity contribution in [2.45, 2.75) is 6.42 Å². The number of piperazine rings is 1. The van der Waals surface area contributed by atoms with Crippen LogP contribution in [0.15, 0.2) is 12.3 Å². The van der Waals surface area contributed by atoms with Gasteiger partial charge in [0, 0.05) is 38.9 Å². The van der Waals surface area contributed by atoms with Gasteiger partial charge in [-0.05, 0) is 19.0 Å². The van der Waals surface area contributed by atoms with E-state index in [-0.39, 0.29) is 0 Å². The lowest BCUT2D eigenvalue weighted by Gasteiger charge is -2.27. The first-order chi connectivity index (χ1) is 8.88. The van der Waals surface area contributed by atoms with Crippen LogP contribution in [0.3, 0.4) is 0 Å². The minimum absolute atomic E-state index is 0.398. The molecule has 1 aliphatic rings. The predicted octanol–water partition coefficient (Wildman–Crippen LogP) is 0.0555. The summed E-state index contributed by atoms with van der Waals surface area (Å²) in [5.41, 5.74) is 0.398. The summed E-state index contributed by atoms with van der Waals surface area (Å²) in [5.74, 6) is 0.536. The smallest absolute Gasteiger partial charge is 0.223 e. The molecule has 0 unspecified atom stereocenters. The second kappa shape index (κ2) is 6.89. The highest BCUT2D eigenvalue weighted by atomic mass is 15.2. The molecule has 1 saturated heterocycles. The molecule has 6 heteroatoms. The van der Waals surface area contributed by atoms with Crippen LogP contribution < -0.4 is 10.6 Å². The van der Waals surface area contributed by atoms with E-state index in [1.165, 1.54) is 0 Å². The topological polar surface area (TPSA) is 76.9 Å². The van der Waals surface area contributed by atoms with E-state index in [2.05, 4.69) is 25.5 Å². The van der Waals surface area contributed by atoms with Crippen molar-refractivity contribution in [3.8, 4) is 6.07 Å². The third-order valence-electron chi connectivity index (χ3n) is 2.91. The highest BCUT2D eigenvalue weighted by molar-refractivity contribution is 5.29. The Morgan fingerprint density at radius 2 is 2.28 bits per heavy atom. The largest absolute Gasteiger partial charge is 0.354 e. The summed E-state index contributed by atoms with van der Waals surface area (Å²) in [5, 5.41) is 15.2. The molecular weight excluding hydrogens is 228 g/mol. The average Bonchev–Trinajstić information content (AvgIpc) is 2.45. The first-order valence-corrected chi connectivity index (χ1v) is 6.28. The Kier molecular flexibility index (Phi) is 4.88. The maximum Gasteiger partial charge on any atom is 0.223 e. The number of nitriles is 1. The number of hydrogen-bond acceptors (Lipinski definition) is 6. The zero-order valence-corrected chi connectivity index (χ0v) is 10.4. The molecular formula is C12H18N6. The van der Waals surface area contributed by atoms with E-state index in [0.29, 0.717) is 11.6 Å². The van der Waals surface area contributed by atoms with E-state index >= 15 is 0 Å². The SMILES string of the molecule is N#Cc1ccnc(NCCCN2CCNCC2)n1. The molecule has 1 aromatic heterocycles. The van der Waals surface area contributed by atoms with Gasteiger partial charge in [0.25, 0.3) is 0 Å². The van der Waals surface area contributed by atoms with Gasteiger partial charge in [-0.2, -0.15) is 5.26 Å². The summed E-state index contributed by atoms with van der Waals surface area (Å²) in [7, 11) is 0. The second-order valence-electron chi connectivity index (χ2n) is 4.25.